The van der Waals surface area contributed by atoms with Crippen LogP contribution in [0.5, 0.6) is 0 Å². The number of ketones is 1. The number of aromatic nitrogens is 4. The van der Waals surface area contributed by atoms with Crippen LogP contribution in [0.2, 0.25) is 0 Å². The number of likely N-dealkylation sites (tertiary alicyclic amines) is 1. The summed E-state index contributed by atoms with van der Waals surface area (Å²) in [6, 6.07) is 0. The highest BCUT2D eigenvalue weighted by Crippen LogP contribution is 2.68. The molecule has 3 aliphatic carbocycles. The molecule has 4 N–H and O–H groups in total. The number of fused-ring (bicyclic) bond motifs is 1. The number of nitrogens with one attached hydrogen (secondary N) is 1. The molecule has 290 valence electrons. The Morgan fingerprint density at radius 2 is 1.87 bits per heavy atom. The highest BCUT2D eigenvalue weighted by Gasteiger charge is 2.68. The van der Waals surface area contributed by atoms with E-state index in [4.69, 9.17) is 10.5 Å². The number of Topliss-reactive ketones (excluding diaryl/α,β-unsaturated/α-hetero) is 1. The Labute approximate surface area is 317 Å². The summed E-state index contributed by atoms with van der Waals surface area (Å²) in [5.74, 6) is 1.10. The number of hydrogen-bond donors (Lipinski definition) is 3. The molecule has 0 spiro atoms. The van der Waals surface area contributed by atoms with Crippen molar-refractivity contribution in [2.75, 3.05) is 55.7 Å². The molecule has 53 heavy (non-hydrogen) atoms. The van der Waals surface area contributed by atoms with Crippen molar-refractivity contribution in [3.63, 3.8) is 0 Å². The van der Waals surface area contributed by atoms with Crippen LogP contribution in [-0.4, -0.2) is 110 Å². The summed E-state index contributed by atoms with van der Waals surface area (Å²) >= 11 is 1.60. The average Bonchev–Trinajstić information content (AvgIpc) is 3.74. The number of aliphatic hydroxyl groups excluding tert-OH is 1. The van der Waals surface area contributed by atoms with Gasteiger partial charge in [-0.2, -0.15) is 9.97 Å². The Morgan fingerprint density at radius 3 is 2.58 bits per heavy atom. The third-order valence-electron chi connectivity index (χ3n) is 14.3. The quantitative estimate of drug-likeness (QED) is 0.251. The van der Waals surface area contributed by atoms with E-state index in [0.29, 0.717) is 50.1 Å². The predicted molar refractivity (Wildman–Crippen MR) is 206 cm³/mol. The summed E-state index contributed by atoms with van der Waals surface area (Å²) in [5, 5.41) is 15.4. The number of nitrogen functional groups attached to an aromatic ring is 1. The average molecular weight is 751 g/mol. The van der Waals surface area contributed by atoms with Gasteiger partial charge in [0, 0.05) is 80.7 Å². The zero-order chi connectivity index (χ0) is 37.7. The van der Waals surface area contributed by atoms with Crippen LogP contribution in [0.3, 0.4) is 0 Å². The maximum atomic E-state index is 13.7. The summed E-state index contributed by atoms with van der Waals surface area (Å²) in [4.78, 5) is 58.3. The number of ether oxygens (including phenoxy) is 1. The van der Waals surface area contributed by atoms with E-state index in [1.54, 1.807) is 18.1 Å². The number of piperazine rings is 1. The first-order valence-corrected chi connectivity index (χ1v) is 20.7. The molecule has 0 radical (unpaired) electrons. The predicted octanol–water partition coefficient (Wildman–Crippen LogP) is 3.84. The molecular weight excluding hydrogens is 693 g/mol. The van der Waals surface area contributed by atoms with Gasteiger partial charge in [-0.1, -0.05) is 33.8 Å². The Hall–Kier alpha value is -3.23. The van der Waals surface area contributed by atoms with Crippen molar-refractivity contribution < 1.29 is 24.2 Å². The molecule has 4 heterocycles. The number of piperidine rings is 1. The minimum Gasteiger partial charge on any atom is -0.461 e. The van der Waals surface area contributed by atoms with E-state index in [1.807, 2.05) is 22.5 Å². The molecule has 13 nitrogen and oxygen atoms in total. The summed E-state index contributed by atoms with van der Waals surface area (Å²) in [7, 11) is 0. The molecule has 7 rings (SSSR count). The summed E-state index contributed by atoms with van der Waals surface area (Å²) in [6.07, 6.45) is 7.87. The Bertz CT molecular complexity index is 1720. The molecule has 0 unspecified atom stereocenters. The molecule has 2 bridgehead atoms. The molecule has 2 aromatic rings. The van der Waals surface area contributed by atoms with Gasteiger partial charge in [0.25, 0.3) is 0 Å². The second kappa shape index (κ2) is 14.8. The lowest BCUT2D eigenvalue weighted by atomic mass is 9.44. The zero-order valence-corrected chi connectivity index (χ0v) is 32.7. The van der Waals surface area contributed by atoms with Gasteiger partial charge >= 0.3 is 5.97 Å². The van der Waals surface area contributed by atoms with E-state index in [9.17, 15) is 19.5 Å². The molecule has 2 aliphatic heterocycles. The highest BCUT2D eigenvalue weighted by atomic mass is 32.2. The number of aryl methyl sites for hydroxylation is 1. The minimum absolute atomic E-state index is 0.0610. The minimum atomic E-state index is -0.683. The van der Waals surface area contributed by atoms with Gasteiger partial charge in [-0.25, -0.2) is 4.98 Å². The van der Waals surface area contributed by atoms with E-state index in [0.717, 1.165) is 64.1 Å². The molecule has 5 fully saturated rings. The number of hydrogen-bond acceptors (Lipinski definition) is 12. The topological polar surface area (TPSA) is 169 Å². The molecule has 14 heteroatoms. The van der Waals surface area contributed by atoms with Gasteiger partial charge in [0.1, 0.15) is 11.9 Å². The normalized spacial score (nSPS) is 35.1. The fourth-order valence-corrected chi connectivity index (χ4v) is 11.7. The Morgan fingerprint density at radius 1 is 1.13 bits per heavy atom. The number of amides is 1. The van der Waals surface area contributed by atoms with Crippen LogP contribution in [0.25, 0.3) is 11.2 Å². The van der Waals surface area contributed by atoms with Gasteiger partial charge in [-0.15, -0.1) is 18.3 Å². The molecule has 2 saturated heterocycles. The fraction of sp³-hybridized carbons (Fsp3) is 0.744. The number of carbonyl (C=O) groups is 3. The molecule has 8 atom stereocenters. The van der Waals surface area contributed by atoms with Crippen molar-refractivity contribution in [3.8, 4) is 0 Å². The van der Waals surface area contributed by atoms with E-state index >= 15 is 0 Å². The molecule has 3 saturated carbocycles. The van der Waals surface area contributed by atoms with Gasteiger partial charge in [0.15, 0.2) is 17.0 Å². The van der Waals surface area contributed by atoms with Gasteiger partial charge < -0.3 is 35.3 Å². The van der Waals surface area contributed by atoms with Crippen molar-refractivity contribution in [3.05, 3.63) is 19.0 Å². The Balaban J connectivity index is 0.941. The first-order chi connectivity index (χ1) is 25.3. The van der Waals surface area contributed by atoms with Crippen molar-refractivity contribution in [2.45, 2.75) is 103 Å². The maximum Gasteiger partial charge on any atom is 0.316 e. The lowest BCUT2D eigenvalue weighted by molar-refractivity contribution is -0.205. The maximum absolute atomic E-state index is 13.7. The number of nitrogens with two attached hydrogens (primary N) is 1. The molecule has 5 aliphatic rings. The van der Waals surface area contributed by atoms with E-state index in [2.05, 4.69) is 52.5 Å². The van der Waals surface area contributed by atoms with Crippen LogP contribution in [0.1, 0.15) is 79.1 Å². The monoisotopic (exact) mass is 750 g/mol. The third kappa shape index (κ3) is 6.74. The summed E-state index contributed by atoms with van der Waals surface area (Å²) in [6.45, 7) is 17.7. The first-order valence-electron chi connectivity index (χ1n) is 19.7. The number of carbonyl (C=O) groups excluding carboxylic acids is 3. The second-order valence-electron chi connectivity index (χ2n) is 17.0. The van der Waals surface area contributed by atoms with Crippen LogP contribution < -0.4 is 16.0 Å². The van der Waals surface area contributed by atoms with E-state index < -0.39 is 23.0 Å². The van der Waals surface area contributed by atoms with Crippen LogP contribution in [0.15, 0.2) is 19.0 Å². The van der Waals surface area contributed by atoms with E-state index in [-0.39, 0.29) is 57.8 Å². The fourth-order valence-electron chi connectivity index (χ4n) is 10.7. The van der Waals surface area contributed by atoms with Gasteiger partial charge in [0.05, 0.1) is 18.2 Å². The Kier molecular flexibility index (Phi) is 10.6. The van der Waals surface area contributed by atoms with Gasteiger partial charge in [-0.05, 0) is 55.8 Å². The summed E-state index contributed by atoms with van der Waals surface area (Å²) < 4.78 is 8.34. The van der Waals surface area contributed by atoms with Gasteiger partial charge in [0.2, 0.25) is 11.9 Å². The molecule has 0 aromatic carbocycles. The van der Waals surface area contributed by atoms with Crippen molar-refractivity contribution in [1.82, 2.24) is 29.7 Å². The molecule has 2 aromatic heterocycles. The number of nitrogens with zero attached hydrogens (tertiary/aromatic N) is 6. The molecular formula is C39H58N8O5S. The van der Waals surface area contributed by atoms with Crippen LogP contribution >= 0.6 is 11.8 Å². The van der Waals surface area contributed by atoms with Gasteiger partial charge in [-0.3, -0.25) is 14.4 Å². The van der Waals surface area contributed by atoms with Crippen LogP contribution in [0.4, 0.5) is 11.8 Å². The van der Waals surface area contributed by atoms with Crippen molar-refractivity contribution in [1.29, 1.82) is 0 Å². The summed E-state index contributed by atoms with van der Waals surface area (Å²) in [5.41, 5.74) is 5.96. The standard InChI is InChI=1S/C39H58N8O5S/c1-6-37(4)21-28(38(5)24(2)7-12-39(25(3)33(37)51)13-8-27(48)32(38)39)52-30(50)22-53-26-9-16-45(17-10-26)29(49)11-18-47-23-42-31-34(43-36(40)44-35(31)47)46-19-14-41-15-20-46/h6,23-26,28,32-33,41,51H,1,7-22H2,2-5H3,(H2,40,43,44)/t24-,25+,28-,32-,33+,37-,38+,39+/m1/s1. The van der Waals surface area contributed by atoms with Crippen LogP contribution in [0, 0.1) is 34.0 Å². The first kappa shape index (κ1) is 38.1. The number of anilines is 2. The number of thioether (sulfide) groups is 1. The van der Waals surface area contributed by atoms with Crippen molar-refractivity contribution in [2.24, 2.45) is 34.0 Å². The van der Waals surface area contributed by atoms with Crippen LogP contribution in [-0.2, 0) is 25.7 Å². The number of aliphatic hydroxyl groups is 1. The van der Waals surface area contributed by atoms with E-state index in [1.165, 1.54) is 0 Å². The lowest BCUT2D eigenvalue weighted by Gasteiger charge is -2.61. The largest absolute Gasteiger partial charge is 0.461 e. The number of rotatable bonds is 9. The zero-order valence-electron chi connectivity index (χ0n) is 31.9. The smallest absolute Gasteiger partial charge is 0.316 e. The van der Waals surface area contributed by atoms with Crippen molar-refractivity contribution >= 4 is 52.4 Å². The molecule has 1 amide bonds. The SMILES string of the molecule is C=C[C@]1(C)C[C@@H](OC(=O)CSC2CCN(C(=O)CCn3cnc4c(N5CCNCC5)nc(N)nc43)CC2)[C@]2(C)[C@H](C)CC[C@]3(CCC(=O)[C@@H]32)[C@@H](C)[C@@H]1O. The second-order valence-corrected chi connectivity index (χ2v) is 18.2. The number of esters is 1. The lowest BCUT2D eigenvalue weighted by Crippen LogP contribution is -2.63. The third-order valence-corrected chi connectivity index (χ3v) is 15.6. The highest BCUT2D eigenvalue weighted by molar-refractivity contribution is 8.00. The number of imidazole rings is 1.